The molecule has 92 valence electrons. The molecule has 17 heavy (non-hydrogen) atoms. The van der Waals surface area contributed by atoms with Crippen LogP contribution in [-0.4, -0.2) is 17.4 Å². The van der Waals surface area contributed by atoms with E-state index < -0.39 is 0 Å². The van der Waals surface area contributed by atoms with Crippen molar-refractivity contribution in [1.82, 2.24) is 4.98 Å². The lowest BCUT2D eigenvalue weighted by molar-refractivity contribution is -0.120. The number of anilines is 2. The van der Waals surface area contributed by atoms with Crippen LogP contribution in [-0.2, 0) is 4.79 Å². The minimum absolute atomic E-state index is 0.0873. The van der Waals surface area contributed by atoms with Crippen LogP contribution in [0.2, 0.25) is 0 Å². The zero-order valence-electron chi connectivity index (χ0n) is 10.6. The lowest BCUT2D eigenvalue weighted by Crippen LogP contribution is -2.22. The van der Waals surface area contributed by atoms with Gasteiger partial charge in [0.15, 0.2) is 0 Å². The topological polar surface area (TPSA) is 54.0 Å². The number of hydrogen-bond acceptors (Lipinski definition) is 3. The Morgan fingerprint density at radius 3 is 2.76 bits per heavy atom. The molecule has 1 aliphatic rings. The molecule has 1 aliphatic carbocycles. The molecule has 0 atom stereocenters. The van der Waals surface area contributed by atoms with Gasteiger partial charge in [0.2, 0.25) is 5.91 Å². The Hall–Kier alpha value is -1.58. The van der Waals surface area contributed by atoms with Crippen molar-refractivity contribution in [1.29, 1.82) is 0 Å². The molecule has 0 unspecified atom stereocenters. The first-order chi connectivity index (χ1) is 8.05. The molecule has 4 nitrogen and oxygen atoms in total. The highest BCUT2D eigenvalue weighted by Gasteiger charge is 2.45. The number of carbonyl (C=O) groups excluding carboxylic acids is 1. The maximum atomic E-state index is 11.9. The molecule has 0 saturated heterocycles. The molecule has 0 radical (unpaired) electrons. The van der Waals surface area contributed by atoms with E-state index >= 15 is 0 Å². The molecule has 2 N–H and O–H groups in total. The number of pyridine rings is 1. The Labute approximate surface area is 102 Å². The summed E-state index contributed by atoms with van der Waals surface area (Å²) in [5.41, 5.74) is 1.82. The van der Waals surface area contributed by atoms with Gasteiger partial charge in [-0.25, -0.2) is 4.98 Å². The molecule has 0 aromatic carbocycles. The van der Waals surface area contributed by atoms with Gasteiger partial charge >= 0.3 is 0 Å². The van der Waals surface area contributed by atoms with E-state index in [2.05, 4.69) is 15.6 Å². The van der Waals surface area contributed by atoms with Crippen molar-refractivity contribution in [2.24, 2.45) is 5.41 Å². The fraction of sp³-hybridized carbons (Fsp3) is 0.538. The molecule has 2 rings (SSSR count). The third kappa shape index (κ3) is 2.57. The number of nitrogens with zero attached hydrogens (tertiary/aromatic N) is 1. The Bertz CT molecular complexity index is 438. The van der Waals surface area contributed by atoms with Crippen LogP contribution in [0.1, 0.15) is 32.3 Å². The monoisotopic (exact) mass is 233 g/mol. The summed E-state index contributed by atoms with van der Waals surface area (Å²) < 4.78 is 0. The van der Waals surface area contributed by atoms with Gasteiger partial charge in [0, 0.05) is 12.0 Å². The number of aryl methyl sites for hydroxylation is 1. The third-order valence-corrected chi connectivity index (χ3v) is 3.24. The summed E-state index contributed by atoms with van der Waals surface area (Å²) in [6.45, 7) is 6.85. The molecule has 4 heteroatoms. The Morgan fingerprint density at radius 1 is 1.53 bits per heavy atom. The molecule has 1 aromatic rings. The summed E-state index contributed by atoms with van der Waals surface area (Å²) in [6.07, 6.45) is 3.71. The van der Waals surface area contributed by atoms with Gasteiger partial charge in [0.25, 0.3) is 0 Å². The van der Waals surface area contributed by atoms with Crippen molar-refractivity contribution in [3.8, 4) is 0 Å². The summed E-state index contributed by atoms with van der Waals surface area (Å²) in [6, 6.07) is 2.00. The van der Waals surface area contributed by atoms with Gasteiger partial charge in [0.05, 0.1) is 11.9 Å². The number of amides is 1. The second-order valence-electron chi connectivity index (χ2n) is 4.93. The first-order valence-corrected chi connectivity index (χ1v) is 6.07. The van der Waals surface area contributed by atoms with Gasteiger partial charge in [-0.15, -0.1) is 0 Å². The normalized spacial score (nSPS) is 16.4. The molecule has 0 aliphatic heterocycles. The molecule has 0 spiro atoms. The first kappa shape index (κ1) is 11.9. The molecular formula is C13H19N3O. The summed E-state index contributed by atoms with van der Waals surface area (Å²) >= 11 is 0. The molecule has 0 bridgehead atoms. The second kappa shape index (κ2) is 4.35. The fourth-order valence-corrected chi connectivity index (χ4v) is 1.68. The highest BCUT2D eigenvalue weighted by Crippen LogP contribution is 2.45. The average Bonchev–Trinajstić information content (AvgIpc) is 3.02. The lowest BCUT2D eigenvalue weighted by Gasteiger charge is -2.12. The van der Waals surface area contributed by atoms with Crippen LogP contribution in [0.15, 0.2) is 12.3 Å². The number of carbonyl (C=O) groups is 1. The van der Waals surface area contributed by atoms with Gasteiger partial charge in [-0.3, -0.25) is 4.79 Å². The molecule has 1 amide bonds. The first-order valence-electron chi connectivity index (χ1n) is 6.07. The van der Waals surface area contributed by atoms with E-state index in [1.165, 1.54) is 0 Å². The van der Waals surface area contributed by atoms with Gasteiger partial charge in [-0.2, -0.15) is 0 Å². The second-order valence-corrected chi connectivity index (χ2v) is 4.93. The van der Waals surface area contributed by atoms with E-state index in [1.54, 1.807) is 6.20 Å². The molecule has 1 heterocycles. The number of aromatic nitrogens is 1. The van der Waals surface area contributed by atoms with Crippen LogP contribution >= 0.6 is 0 Å². The van der Waals surface area contributed by atoms with E-state index in [0.29, 0.717) is 5.82 Å². The quantitative estimate of drug-likeness (QED) is 0.840. The van der Waals surface area contributed by atoms with Crippen LogP contribution < -0.4 is 10.6 Å². The van der Waals surface area contributed by atoms with E-state index in [1.807, 2.05) is 26.8 Å². The van der Waals surface area contributed by atoms with Crippen molar-refractivity contribution in [2.75, 3.05) is 17.2 Å². The minimum Gasteiger partial charge on any atom is -0.384 e. The maximum absolute atomic E-state index is 11.9. The van der Waals surface area contributed by atoms with Crippen LogP contribution in [0.3, 0.4) is 0 Å². The van der Waals surface area contributed by atoms with Crippen LogP contribution in [0.4, 0.5) is 11.5 Å². The summed E-state index contributed by atoms with van der Waals surface area (Å²) in [5.74, 6) is 0.758. The maximum Gasteiger partial charge on any atom is 0.231 e. The minimum atomic E-state index is -0.158. The Balaban J connectivity index is 2.08. The van der Waals surface area contributed by atoms with Crippen LogP contribution in [0.25, 0.3) is 0 Å². The van der Waals surface area contributed by atoms with Crippen molar-refractivity contribution in [3.05, 3.63) is 17.8 Å². The summed E-state index contributed by atoms with van der Waals surface area (Å²) in [4.78, 5) is 16.2. The Kier molecular flexibility index (Phi) is 3.05. The van der Waals surface area contributed by atoms with E-state index in [4.69, 9.17) is 0 Å². The van der Waals surface area contributed by atoms with Gasteiger partial charge in [0.1, 0.15) is 5.82 Å². The van der Waals surface area contributed by atoms with Crippen molar-refractivity contribution in [2.45, 2.75) is 33.6 Å². The number of rotatable bonds is 4. The smallest absolute Gasteiger partial charge is 0.231 e. The highest BCUT2D eigenvalue weighted by atomic mass is 16.2. The predicted octanol–water partition coefficient (Wildman–Crippen LogP) is 2.56. The van der Waals surface area contributed by atoms with Gasteiger partial charge in [-0.1, -0.05) is 6.92 Å². The average molecular weight is 233 g/mol. The largest absolute Gasteiger partial charge is 0.384 e. The number of nitrogens with one attached hydrogen (secondary N) is 2. The van der Waals surface area contributed by atoms with Gasteiger partial charge < -0.3 is 10.6 Å². The lowest BCUT2D eigenvalue weighted by atomic mass is 10.1. The predicted molar refractivity (Wildman–Crippen MR) is 69.1 cm³/mol. The third-order valence-electron chi connectivity index (χ3n) is 3.24. The summed E-state index contributed by atoms with van der Waals surface area (Å²) in [7, 11) is 0. The van der Waals surface area contributed by atoms with Crippen molar-refractivity contribution >= 4 is 17.4 Å². The van der Waals surface area contributed by atoms with E-state index in [9.17, 15) is 4.79 Å². The highest BCUT2D eigenvalue weighted by molar-refractivity contribution is 5.96. The summed E-state index contributed by atoms with van der Waals surface area (Å²) in [5, 5.41) is 6.10. The van der Waals surface area contributed by atoms with Crippen LogP contribution in [0, 0.1) is 12.3 Å². The molecule has 1 fully saturated rings. The van der Waals surface area contributed by atoms with Crippen molar-refractivity contribution < 1.29 is 4.79 Å². The van der Waals surface area contributed by atoms with E-state index in [-0.39, 0.29) is 11.3 Å². The van der Waals surface area contributed by atoms with Gasteiger partial charge in [-0.05, 0) is 38.3 Å². The standard InChI is InChI=1S/C13H19N3O/c1-4-14-10-7-9(2)11(15-8-10)16-12(17)13(3)5-6-13/h7-8,14H,4-6H2,1-3H3,(H,15,16,17). The fourth-order valence-electron chi connectivity index (χ4n) is 1.68. The van der Waals surface area contributed by atoms with E-state index in [0.717, 1.165) is 30.6 Å². The van der Waals surface area contributed by atoms with Crippen LogP contribution in [0.5, 0.6) is 0 Å². The zero-order valence-corrected chi connectivity index (χ0v) is 10.6. The molecule has 1 aromatic heterocycles. The SMILES string of the molecule is CCNc1cnc(NC(=O)C2(C)CC2)c(C)c1. The molecule has 1 saturated carbocycles. The number of hydrogen-bond donors (Lipinski definition) is 2. The zero-order chi connectivity index (χ0) is 12.5. The molecular weight excluding hydrogens is 214 g/mol. The van der Waals surface area contributed by atoms with Crippen molar-refractivity contribution in [3.63, 3.8) is 0 Å². The Morgan fingerprint density at radius 2 is 2.24 bits per heavy atom.